The average Bonchev–Trinajstić information content (AvgIpc) is 3.13. The number of carbonyl (C=O) groups is 1. The van der Waals surface area contributed by atoms with Gasteiger partial charge in [0.2, 0.25) is 0 Å². The van der Waals surface area contributed by atoms with Gasteiger partial charge in [0.15, 0.2) is 12.4 Å². The van der Waals surface area contributed by atoms with Crippen LogP contribution in [0.3, 0.4) is 0 Å². The fourth-order valence-electron chi connectivity index (χ4n) is 2.50. The number of para-hydroxylation sites is 1. The lowest BCUT2D eigenvalue weighted by Crippen LogP contribution is -2.21. The number of ether oxygens (including phenoxy) is 1. The number of halogens is 2. The second-order valence-electron chi connectivity index (χ2n) is 6.52. The first-order valence-electron chi connectivity index (χ1n) is 8.66. The molecule has 1 amide bonds. The number of carbonyl (C=O) groups excluding carboxylic acids is 1. The van der Waals surface area contributed by atoms with Gasteiger partial charge >= 0.3 is 0 Å². The van der Waals surface area contributed by atoms with Gasteiger partial charge in [-0.2, -0.15) is 4.98 Å². The van der Waals surface area contributed by atoms with E-state index in [1.807, 2.05) is 39.0 Å². The number of hydrogen-bond donors (Lipinski definition) is 1. The van der Waals surface area contributed by atoms with E-state index in [0.717, 1.165) is 5.56 Å². The van der Waals surface area contributed by atoms with Crippen LogP contribution in [0.1, 0.15) is 31.2 Å². The molecule has 0 aliphatic carbocycles. The third-order valence-electron chi connectivity index (χ3n) is 3.98. The predicted octanol–water partition coefficient (Wildman–Crippen LogP) is 5.49. The van der Waals surface area contributed by atoms with Gasteiger partial charge in [-0.15, -0.1) is 0 Å². The Kier molecular flexibility index (Phi) is 6.21. The van der Waals surface area contributed by atoms with Crippen LogP contribution < -0.4 is 10.1 Å². The van der Waals surface area contributed by atoms with Gasteiger partial charge in [-0.25, -0.2) is 0 Å². The Hall–Kier alpha value is -2.57. The molecule has 0 unspecified atom stereocenters. The van der Waals surface area contributed by atoms with Crippen molar-refractivity contribution < 1.29 is 14.1 Å². The van der Waals surface area contributed by atoms with E-state index >= 15 is 0 Å². The molecule has 3 rings (SSSR count). The van der Waals surface area contributed by atoms with E-state index in [9.17, 15) is 4.79 Å². The zero-order valence-corrected chi connectivity index (χ0v) is 17.1. The van der Waals surface area contributed by atoms with Gasteiger partial charge in [0, 0.05) is 10.9 Å². The monoisotopic (exact) mass is 419 g/mol. The lowest BCUT2D eigenvalue weighted by Gasteiger charge is -2.13. The van der Waals surface area contributed by atoms with E-state index in [1.54, 1.807) is 18.2 Å². The maximum Gasteiger partial charge on any atom is 0.262 e. The van der Waals surface area contributed by atoms with Crippen molar-refractivity contribution in [2.24, 2.45) is 0 Å². The topological polar surface area (TPSA) is 77.3 Å². The maximum atomic E-state index is 12.4. The highest BCUT2D eigenvalue weighted by Gasteiger charge is 2.18. The first kappa shape index (κ1) is 20.2. The van der Waals surface area contributed by atoms with Crippen molar-refractivity contribution in [1.29, 1.82) is 0 Å². The maximum absolute atomic E-state index is 12.4. The summed E-state index contributed by atoms with van der Waals surface area (Å²) in [5.41, 5.74) is 2.11. The Morgan fingerprint density at radius 3 is 2.71 bits per heavy atom. The second kappa shape index (κ2) is 8.63. The summed E-state index contributed by atoms with van der Waals surface area (Å²) in [6, 6.07) is 10.4. The lowest BCUT2D eigenvalue weighted by atomic mass is 10.1. The number of aromatic nitrogens is 2. The van der Waals surface area contributed by atoms with Crippen LogP contribution in [0.2, 0.25) is 10.0 Å². The first-order valence-corrected chi connectivity index (χ1v) is 9.42. The molecule has 0 radical (unpaired) electrons. The van der Waals surface area contributed by atoms with E-state index in [1.165, 1.54) is 0 Å². The van der Waals surface area contributed by atoms with Crippen molar-refractivity contribution in [3.05, 3.63) is 57.8 Å². The molecule has 28 heavy (non-hydrogen) atoms. The molecule has 0 fully saturated rings. The number of nitrogens with zero attached hydrogens (tertiary/aromatic N) is 2. The van der Waals surface area contributed by atoms with Crippen LogP contribution >= 0.6 is 23.2 Å². The summed E-state index contributed by atoms with van der Waals surface area (Å²) in [6.07, 6.45) is 0. The fourth-order valence-corrected chi connectivity index (χ4v) is 2.96. The number of anilines is 1. The number of rotatable bonds is 6. The van der Waals surface area contributed by atoms with Crippen molar-refractivity contribution in [2.75, 3.05) is 11.9 Å². The zero-order chi connectivity index (χ0) is 20.3. The van der Waals surface area contributed by atoms with E-state index < -0.39 is 0 Å². The molecule has 6 nitrogen and oxygen atoms in total. The molecule has 0 aliphatic rings. The number of aryl methyl sites for hydroxylation is 1. The van der Waals surface area contributed by atoms with Gasteiger partial charge < -0.3 is 14.6 Å². The van der Waals surface area contributed by atoms with Gasteiger partial charge in [0.1, 0.15) is 5.75 Å². The van der Waals surface area contributed by atoms with Crippen LogP contribution in [0.5, 0.6) is 5.75 Å². The minimum atomic E-state index is -0.342. The predicted molar refractivity (Wildman–Crippen MR) is 109 cm³/mol. The quantitative estimate of drug-likeness (QED) is 0.571. The van der Waals surface area contributed by atoms with Crippen molar-refractivity contribution >= 4 is 34.8 Å². The molecule has 0 atom stereocenters. The average molecular weight is 420 g/mol. The van der Waals surface area contributed by atoms with Gasteiger partial charge in [0.05, 0.1) is 16.3 Å². The highest BCUT2D eigenvalue weighted by atomic mass is 35.5. The van der Waals surface area contributed by atoms with Gasteiger partial charge in [-0.05, 0) is 36.8 Å². The number of hydrogen-bond acceptors (Lipinski definition) is 5. The Balaban J connectivity index is 1.76. The minimum Gasteiger partial charge on any atom is -0.482 e. The molecule has 3 aromatic rings. The molecular weight excluding hydrogens is 401 g/mol. The molecule has 1 N–H and O–H groups in total. The van der Waals surface area contributed by atoms with Crippen molar-refractivity contribution in [1.82, 2.24) is 10.1 Å². The third-order valence-corrected chi connectivity index (χ3v) is 4.51. The van der Waals surface area contributed by atoms with Gasteiger partial charge in [-0.3, -0.25) is 4.79 Å². The Bertz CT molecular complexity index is 1000. The van der Waals surface area contributed by atoms with Crippen LogP contribution in [0.15, 0.2) is 40.9 Å². The molecule has 0 bridgehead atoms. The van der Waals surface area contributed by atoms with Crippen molar-refractivity contribution in [3.8, 4) is 17.2 Å². The van der Waals surface area contributed by atoms with Gasteiger partial charge in [-0.1, -0.05) is 54.3 Å². The van der Waals surface area contributed by atoms with Crippen LogP contribution in [0, 0.1) is 6.92 Å². The van der Waals surface area contributed by atoms with Crippen molar-refractivity contribution in [2.45, 2.75) is 26.7 Å². The minimum absolute atomic E-state index is 0.137. The summed E-state index contributed by atoms with van der Waals surface area (Å²) in [5, 5.41) is 7.67. The molecule has 0 saturated carbocycles. The van der Waals surface area contributed by atoms with E-state index in [2.05, 4.69) is 15.5 Å². The van der Waals surface area contributed by atoms with Crippen LogP contribution in [-0.4, -0.2) is 22.7 Å². The molecule has 0 spiro atoms. The first-order chi connectivity index (χ1) is 13.3. The molecule has 1 heterocycles. The molecule has 2 aromatic carbocycles. The number of nitrogens with one attached hydrogen (secondary N) is 1. The summed E-state index contributed by atoms with van der Waals surface area (Å²) in [5.74, 6) is 1.13. The van der Waals surface area contributed by atoms with E-state index in [4.69, 9.17) is 32.5 Å². The van der Waals surface area contributed by atoms with Crippen LogP contribution in [-0.2, 0) is 4.79 Å². The lowest BCUT2D eigenvalue weighted by molar-refractivity contribution is -0.118. The highest BCUT2D eigenvalue weighted by molar-refractivity contribution is 6.35. The molecule has 0 saturated heterocycles. The van der Waals surface area contributed by atoms with Crippen molar-refractivity contribution in [3.63, 3.8) is 0 Å². The second-order valence-corrected chi connectivity index (χ2v) is 7.37. The Morgan fingerprint density at radius 2 is 2.04 bits per heavy atom. The standard InChI is InChI=1S/C20H19Cl2N3O3/c1-11(2)19-24-20(28-25-19)14-6-4-5-12(3)18(14)23-17(26)10-27-16-8-7-13(21)9-15(16)22/h4-9,11H,10H2,1-3H3,(H,23,26). The fraction of sp³-hybridized carbons (Fsp3) is 0.250. The molecule has 1 aromatic heterocycles. The number of amides is 1. The Labute approximate surface area is 172 Å². The number of benzene rings is 2. The molecule has 0 aliphatic heterocycles. The summed E-state index contributed by atoms with van der Waals surface area (Å²) >= 11 is 11.9. The van der Waals surface area contributed by atoms with E-state index in [-0.39, 0.29) is 18.4 Å². The molecule has 146 valence electrons. The zero-order valence-electron chi connectivity index (χ0n) is 15.6. The van der Waals surface area contributed by atoms with Crippen LogP contribution in [0.25, 0.3) is 11.5 Å². The summed E-state index contributed by atoms with van der Waals surface area (Å²) < 4.78 is 10.9. The largest absolute Gasteiger partial charge is 0.482 e. The normalized spacial score (nSPS) is 10.9. The van der Waals surface area contributed by atoms with E-state index in [0.29, 0.717) is 38.8 Å². The van der Waals surface area contributed by atoms with Crippen LogP contribution in [0.4, 0.5) is 5.69 Å². The molecular formula is C20H19Cl2N3O3. The van der Waals surface area contributed by atoms with Gasteiger partial charge in [0.25, 0.3) is 11.8 Å². The Morgan fingerprint density at radius 1 is 1.25 bits per heavy atom. The molecule has 8 heteroatoms. The summed E-state index contributed by atoms with van der Waals surface area (Å²) in [6.45, 7) is 5.63. The smallest absolute Gasteiger partial charge is 0.262 e. The summed E-state index contributed by atoms with van der Waals surface area (Å²) in [4.78, 5) is 16.9. The SMILES string of the molecule is Cc1cccc(-c2nc(C(C)C)no2)c1NC(=O)COc1ccc(Cl)cc1Cl. The highest BCUT2D eigenvalue weighted by Crippen LogP contribution is 2.31. The summed E-state index contributed by atoms with van der Waals surface area (Å²) in [7, 11) is 0. The third kappa shape index (κ3) is 4.64.